The van der Waals surface area contributed by atoms with Crippen LogP contribution >= 0.6 is 0 Å². The molecule has 3 rings (SSSR count). The lowest BCUT2D eigenvalue weighted by Gasteiger charge is -2.08. The van der Waals surface area contributed by atoms with Gasteiger partial charge in [0.05, 0.1) is 14.2 Å². The highest BCUT2D eigenvalue weighted by molar-refractivity contribution is 6.27. The number of aliphatic carboxylic acids is 2. The van der Waals surface area contributed by atoms with Crippen LogP contribution in [0.3, 0.4) is 0 Å². The molecule has 0 aliphatic heterocycles. The average molecular weight is 432 g/mol. The number of carboxylic acid groups (broad SMARTS) is 2. The molecule has 0 atom stereocenters. The zero-order valence-corrected chi connectivity index (χ0v) is 17.5. The third kappa shape index (κ3) is 6.45. The van der Waals surface area contributed by atoms with Gasteiger partial charge >= 0.3 is 11.9 Å². The van der Waals surface area contributed by atoms with Crippen LogP contribution in [0.2, 0.25) is 0 Å². The van der Waals surface area contributed by atoms with Gasteiger partial charge in [0.15, 0.2) is 0 Å². The van der Waals surface area contributed by atoms with E-state index in [2.05, 4.69) is 23.3 Å². The number of aromatic amines is 1. The minimum Gasteiger partial charge on any atom is -0.497 e. The molecule has 8 nitrogen and oxygen atoms in total. The van der Waals surface area contributed by atoms with Crippen LogP contribution in [0.4, 0.5) is 4.39 Å². The molecule has 0 aliphatic rings. The van der Waals surface area contributed by atoms with Crippen molar-refractivity contribution in [3.63, 3.8) is 0 Å². The highest BCUT2D eigenvalue weighted by Gasteiger charge is 2.10. The first-order chi connectivity index (χ1) is 14.8. The van der Waals surface area contributed by atoms with E-state index in [1.807, 2.05) is 12.1 Å². The lowest BCUT2D eigenvalue weighted by atomic mass is 10.1. The standard InChI is InChI=1S/C20H23FN2O2.C2H2O4/c1-13-17(18-10-15(24-2)6-7-20(18)23-13)8-9-22-12-14-4-5-16(25-3)11-19(14)21;3-1(4)2(5)6/h4-7,10-11,22-23H,8-9,12H2,1-3H3;(H,3,4)(H,5,6). The Morgan fingerprint density at radius 3 is 2.23 bits per heavy atom. The molecule has 0 unspecified atom stereocenters. The molecule has 1 heterocycles. The number of aryl methyl sites for hydroxylation is 1. The number of methoxy groups -OCH3 is 2. The van der Waals surface area contributed by atoms with Crippen LogP contribution in [-0.4, -0.2) is 47.9 Å². The summed E-state index contributed by atoms with van der Waals surface area (Å²) in [4.78, 5) is 21.6. The van der Waals surface area contributed by atoms with E-state index in [4.69, 9.17) is 29.3 Å². The minimum absolute atomic E-state index is 0.250. The number of hydrogen-bond donors (Lipinski definition) is 4. The number of fused-ring (bicyclic) bond motifs is 1. The van der Waals surface area contributed by atoms with Crippen molar-refractivity contribution in [3.05, 3.63) is 59.0 Å². The molecule has 0 amide bonds. The van der Waals surface area contributed by atoms with Gasteiger partial charge in [-0.2, -0.15) is 0 Å². The lowest BCUT2D eigenvalue weighted by molar-refractivity contribution is -0.159. The van der Waals surface area contributed by atoms with Gasteiger partial charge in [-0.1, -0.05) is 6.07 Å². The van der Waals surface area contributed by atoms with Crippen LogP contribution in [0.25, 0.3) is 10.9 Å². The monoisotopic (exact) mass is 432 g/mol. The van der Waals surface area contributed by atoms with E-state index in [0.29, 0.717) is 17.9 Å². The molecule has 3 aromatic rings. The summed E-state index contributed by atoms with van der Waals surface area (Å²) in [5.74, 6) is -2.52. The van der Waals surface area contributed by atoms with Crippen LogP contribution in [0.5, 0.6) is 11.5 Å². The minimum atomic E-state index is -1.82. The van der Waals surface area contributed by atoms with Gasteiger partial charge < -0.3 is 30.0 Å². The molecule has 0 spiro atoms. The Morgan fingerprint density at radius 1 is 1.03 bits per heavy atom. The van der Waals surface area contributed by atoms with Crippen LogP contribution < -0.4 is 14.8 Å². The zero-order chi connectivity index (χ0) is 23.0. The summed E-state index contributed by atoms with van der Waals surface area (Å²) in [5.41, 5.74) is 4.16. The molecule has 0 fully saturated rings. The molecule has 31 heavy (non-hydrogen) atoms. The number of halogens is 1. The third-order valence-electron chi connectivity index (χ3n) is 4.64. The molecule has 0 saturated heterocycles. The molecular formula is C22H25FN2O6. The van der Waals surface area contributed by atoms with E-state index in [9.17, 15) is 4.39 Å². The summed E-state index contributed by atoms with van der Waals surface area (Å²) < 4.78 is 24.3. The fraction of sp³-hybridized carbons (Fsp3) is 0.273. The van der Waals surface area contributed by atoms with Crippen molar-refractivity contribution in [1.82, 2.24) is 10.3 Å². The maximum absolute atomic E-state index is 14.0. The Morgan fingerprint density at radius 2 is 1.65 bits per heavy atom. The molecule has 1 aromatic heterocycles. The maximum atomic E-state index is 14.0. The highest BCUT2D eigenvalue weighted by Crippen LogP contribution is 2.26. The van der Waals surface area contributed by atoms with Gasteiger partial charge in [-0.05, 0) is 49.7 Å². The van der Waals surface area contributed by atoms with Gasteiger partial charge in [0.1, 0.15) is 17.3 Å². The molecule has 0 bridgehead atoms. The van der Waals surface area contributed by atoms with E-state index >= 15 is 0 Å². The summed E-state index contributed by atoms with van der Waals surface area (Å²) in [7, 11) is 3.20. The number of ether oxygens (including phenoxy) is 2. The molecule has 0 radical (unpaired) electrons. The van der Waals surface area contributed by atoms with Gasteiger partial charge in [0.25, 0.3) is 0 Å². The topological polar surface area (TPSA) is 121 Å². The average Bonchev–Trinajstić information content (AvgIpc) is 3.06. The Labute approximate surface area is 178 Å². The normalized spacial score (nSPS) is 10.3. The first-order valence-electron chi connectivity index (χ1n) is 9.41. The summed E-state index contributed by atoms with van der Waals surface area (Å²) in [5, 5.41) is 19.3. The summed E-state index contributed by atoms with van der Waals surface area (Å²) in [6.45, 7) is 3.32. The van der Waals surface area contributed by atoms with Crippen molar-refractivity contribution in [2.75, 3.05) is 20.8 Å². The predicted molar refractivity (Wildman–Crippen MR) is 113 cm³/mol. The number of nitrogens with one attached hydrogen (secondary N) is 2. The summed E-state index contributed by atoms with van der Waals surface area (Å²) in [6, 6.07) is 11.0. The fourth-order valence-corrected chi connectivity index (χ4v) is 3.05. The van der Waals surface area contributed by atoms with Crippen molar-refractivity contribution in [2.24, 2.45) is 0 Å². The van der Waals surface area contributed by atoms with E-state index in [1.54, 1.807) is 19.2 Å². The van der Waals surface area contributed by atoms with E-state index < -0.39 is 11.9 Å². The van der Waals surface area contributed by atoms with Crippen LogP contribution in [0.1, 0.15) is 16.8 Å². The van der Waals surface area contributed by atoms with Gasteiger partial charge in [-0.25, -0.2) is 14.0 Å². The summed E-state index contributed by atoms with van der Waals surface area (Å²) in [6.07, 6.45) is 0.858. The number of benzene rings is 2. The largest absolute Gasteiger partial charge is 0.497 e. The number of hydrogen-bond acceptors (Lipinski definition) is 5. The molecule has 4 N–H and O–H groups in total. The molecule has 2 aromatic carbocycles. The number of rotatable bonds is 7. The van der Waals surface area contributed by atoms with E-state index in [-0.39, 0.29) is 5.82 Å². The molecule has 9 heteroatoms. The number of carbonyl (C=O) groups is 2. The Bertz CT molecular complexity index is 1050. The first-order valence-corrected chi connectivity index (χ1v) is 9.41. The second kappa shape index (κ2) is 11.0. The van der Waals surface area contributed by atoms with Crippen LogP contribution in [0, 0.1) is 12.7 Å². The SMILES string of the molecule is COc1ccc(CNCCc2c(C)[nH]c3ccc(OC)cc23)c(F)c1.O=C(O)C(=O)O. The second-order valence-electron chi connectivity index (χ2n) is 6.63. The number of aromatic nitrogens is 1. The Hall–Kier alpha value is -3.59. The smallest absolute Gasteiger partial charge is 0.414 e. The third-order valence-corrected chi connectivity index (χ3v) is 4.64. The molecule has 0 saturated carbocycles. The van der Waals surface area contributed by atoms with Crippen LogP contribution in [-0.2, 0) is 22.6 Å². The first kappa shape index (κ1) is 23.7. The molecular weight excluding hydrogens is 407 g/mol. The molecule has 166 valence electrons. The number of carboxylic acids is 2. The van der Waals surface area contributed by atoms with Crippen LogP contribution in [0.15, 0.2) is 36.4 Å². The Balaban J connectivity index is 0.000000501. The van der Waals surface area contributed by atoms with Crippen molar-refractivity contribution >= 4 is 22.8 Å². The number of H-pyrrole nitrogens is 1. The van der Waals surface area contributed by atoms with Crippen molar-refractivity contribution in [1.29, 1.82) is 0 Å². The van der Waals surface area contributed by atoms with Crippen molar-refractivity contribution in [2.45, 2.75) is 19.9 Å². The quantitative estimate of drug-likeness (QED) is 0.334. The van der Waals surface area contributed by atoms with E-state index in [1.165, 1.54) is 24.1 Å². The van der Waals surface area contributed by atoms with Gasteiger partial charge in [0.2, 0.25) is 0 Å². The van der Waals surface area contributed by atoms with Gasteiger partial charge in [-0.15, -0.1) is 0 Å². The predicted octanol–water partition coefficient (Wildman–Crippen LogP) is 3.12. The molecule has 0 aliphatic carbocycles. The summed E-state index contributed by atoms with van der Waals surface area (Å²) >= 11 is 0. The second-order valence-corrected chi connectivity index (χ2v) is 6.63. The van der Waals surface area contributed by atoms with E-state index in [0.717, 1.165) is 29.9 Å². The van der Waals surface area contributed by atoms with Gasteiger partial charge in [0, 0.05) is 34.8 Å². The zero-order valence-electron chi connectivity index (χ0n) is 17.5. The Kier molecular flexibility index (Phi) is 8.39. The van der Waals surface area contributed by atoms with Crippen molar-refractivity contribution in [3.8, 4) is 11.5 Å². The highest BCUT2D eigenvalue weighted by atomic mass is 19.1. The maximum Gasteiger partial charge on any atom is 0.414 e. The lowest BCUT2D eigenvalue weighted by Crippen LogP contribution is -2.17. The van der Waals surface area contributed by atoms with Crippen molar-refractivity contribution < 1.29 is 33.7 Å². The fourth-order valence-electron chi connectivity index (χ4n) is 3.05. The van der Waals surface area contributed by atoms with Gasteiger partial charge in [-0.3, -0.25) is 0 Å².